The van der Waals surface area contributed by atoms with Gasteiger partial charge in [0.25, 0.3) is 10.0 Å². The van der Waals surface area contributed by atoms with Crippen LogP contribution in [0.15, 0.2) is 53.4 Å². The van der Waals surface area contributed by atoms with E-state index in [1.165, 1.54) is 16.4 Å². The topological polar surface area (TPSA) is 61.2 Å². The van der Waals surface area contributed by atoms with E-state index in [9.17, 15) is 8.42 Å². The first-order chi connectivity index (χ1) is 10.0. The smallest absolute Gasteiger partial charge is 0.264 e. The maximum Gasteiger partial charge on any atom is 0.264 e. The average Bonchev–Trinajstić information content (AvgIpc) is 2.86. The van der Waals surface area contributed by atoms with E-state index in [-0.39, 0.29) is 10.8 Å². The molecule has 21 heavy (non-hydrogen) atoms. The minimum absolute atomic E-state index is 0.158. The van der Waals surface area contributed by atoms with E-state index in [4.69, 9.17) is 5.26 Å². The van der Waals surface area contributed by atoms with E-state index in [1.807, 2.05) is 37.3 Å². The summed E-state index contributed by atoms with van der Waals surface area (Å²) >= 11 is 0. The Morgan fingerprint density at radius 2 is 1.95 bits per heavy atom. The number of nitriles is 1. The van der Waals surface area contributed by atoms with Crippen LogP contribution in [-0.2, 0) is 10.0 Å². The van der Waals surface area contributed by atoms with Crippen LogP contribution in [-0.4, -0.2) is 15.0 Å². The van der Waals surface area contributed by atoms with Crippen molar-refractivity contribution in [3.05, 3.63) is 59.7 Å². The molecule has 2 aromatic carbocycles. The normalized spacial score (nSPS) is 17.3. The predicted molar refractivity (Wildman–Crippen MR) is 80.5 cm³/mol. The fourth-order valence-electron chi connectivity index (χ4n) is 2.66. The quantitative estimate of drug-likeness (QED) is 0.856. The highest BCUT2D eigenvalue weighted by molar-refractivity contribution is 7.92. The Labute approximate surface area is 124 Å². The number of fused-ring (bicyclic) bond motifs is 1. The molecule has 2 aromatic rings. The molecule has 4 nitrogen and oxygen atoms in total. The van der Waals surface area contributed by atoms with Crippen LogP contribution in [0.3, 0.4) is 0 Å². The lowest BCUT2D eigenvalue weighted by Crippen LogP contribution is -2.29. The van der Waals surface area contributed by atoms with Crippen molar-refractivity contribution in [2.75, 3.05) is 10.8 Å². The first-order valence-corrected chi connectivity index (χ1v) is 8.10. The number of hydrogen-bond acceptors (Lipinski definition) is 3. The van der Waals surface area contributed by atoms with Gasteiger partial charge >= 0.3 is 0 Å². The standard InChI is InChI=1S/C16H14N2O2S/c1-12-11-18(16-8-3-2-7-15(12)16)21(19,20)14-6-4-5-13(9-14)10-17/h2-9,12H,11H2,1H3/t12-/m0/s1. The second-order valence-corrected chi connectivity index (χ2v) is 7.00. The SMILES string of the molecule is C[C@H]1CN(S(=O)(=O)c2cccc(C#N)c2)c2ccccc21. The minimum Gasteiger partial charge on any atom is -0.265 e. The molecule has 0 unspecified atom stereocenters. The molecule has 106 valence electrons. The molecule has 0 amide bonds. The first-order valence-electron chi connectivity index (χ1n) is 6.66. The Morgan fingerprint density at radius 3 is 2.71 bits per heavy atom. The second kappa shape index (κ2) is 4.90. The van der Waals surface area contributed by atoms with Crippen molar-refractivity contribution >= 4 is 15.7 Å². The second-order valence-electron chi connectivity index (χ2n) is 5.14. The monoisotopic (exact) mass is 298 g/mol. The molecule has 0 fully saturated rings. The highest BCUT2D eigenvalue weighted by Crippen LogP contribution is 2.39. The van der Waals surface area contributed by atoms with Crippen molar-refractivity contribution in [1.82, 2.24) is 0 Å². The van der Waals surface area contributed by atoms with E-state index in [0.29, 0.717) is 12.1 Å². The third-order valence-electron chi connectivity index (χ3n) is 3.73. The Bertz CT molecular complexity index is 837. The van der Waals surface area contributed by atoms with Gasteiger partial charge in [0.15, 0.2) is 0 Å². The maximum absolute atomic E-state index is 12.8. The highest BCUT2D eigenvalue weighted by Gasteiger charge is 2.34. The van der Waals surface area contributed by atoms with Gasteiger partial charge in [-0.2, -0.15) is 5.26 Å². The molecule has 1 aliphatic heterocycles. The fourth-order valence-corrected chi connectivity index (χ4v) is 4.28. The average molecular weight is 298 g/mol. The van der Waals surface area contributed by atoms with Gasteiger partial charge in [0.1, 0.15) is 0 Å². The molecule has 0 saturated carbocycles. The first kappa shape index (κ1) is 13.7. The van der Waals surface area contributed by atoms with Crippen LogP contribution in [0, 0.1) is 11.3 Å². The molecule has 0 bridgehead atoms. The summed E-state index contributed by atoms with van der Waals surface area (Å²) in [5.41, 5.74) is 2.11. The number of para-hydroxylation sites is 1. The lowest BCUT2D eigenvalue weighted by atomic mass is 10.0. The molecule has 1 atom stereocenters. The van der Waals surface area contributed by atoms with Crippen LogP contribution >= 0.6 is 0 Å². The van der Waals surface area contributed by atoms with Crippen LogP contribution in [0.25, 0.3) is 0 Å². The zero-order chi connectivity index (χ0) is 15.0. The van der Waals surface area contributed by atoms with Crippen molar-refractivity contribution in [2.24, 2.45) is 0 Å². The minimum atomic E-state index is -3.64. The van der Waals surface area contributed by atoms with E-state index < -0.39 is 10.0 Å². The van der Waals surface area contributed by atoms with Gasteiger partial charge in [-0.05, 0) is 29.8 Å². The van der Waals surface area contributed by atoms with Crippen LogP contribution in [0.5, 0.6) is 0 Å². The number of sulfonamides is 1. The lowest BCUT2D eigenvalue weighted by Gasteiger charge is -2.19. The summed E-state index contributed by atoms with van der Waals surface area (Å²) in [5, 5.41) is 8.93. The summed E-state index contributed by atoms with van der Waals surface area (Å²) in [6, 6.07) is 15.7. The number of rotatable bonds is 2. The Kier molecular flexibility index (Phi) is 3.19. The van der Waals surface area contributed by atoms with E-state index in [1.54, 1.807) is 12.1 Å². The highest BCUT2D eigenvalue weighted by atomic mass is 32.2. The molecule has 3 rings (SSSR count). The molecule has 0 spiro atoms. The predicted octanol–water partition coefficient (Wildman–Crippen LogP) is 2.87. The summed E-state index contributed by atoms with van der Waals surface area (Å²) < 4.78 is 27.1. The molecular formula is C16H14N2O2S. The maximum atomic E-state index is 12.8. The summed E-state index contributed by atoms with van der Waals surface area (Å²) in [5.74, 6) is 0.162. The van der Waals surface area contributed by atoms with Crippen molar-refractivity contribution in [3.8, 4) is 6.07 Å². The fraction of sp³-hybridized carbons (Fsp3) is 0.188. The Balaban J connectivity index is 2.10. The van der Waals surface area contributed by atoms with Crippen molar-refractivity contribution in [1.29, 1.82) is 5.26 Å². The van der Waals surface area contributed by atoms with Crippen LogP contribution < -0.4 is 4.31 Å². The zero-order valence-corrected chi connectivity index (χ0v) is 12.3. The Morgan fingerprint density at radius 1 is 1.19 bits per heavy atom. The Hall–Kier alpha value is -2.32. The number of hydrogen-bond donors (Lipinski definition) is 0. The number of nitrogens with zero attached hydrogens (tertiary/aromatic N) is 2. The van der Waals surface area contributed by atoms with Gasteiger partial charge in [-0.25, -0.2) is 8.42 Å². The summed E-state index contributed by atoms with van der Waals surface area (Å²) in [6.45, 7) is 2.44. The molecule has 0 N–H and O–H groups in total. The molecule has 0 aromatic heterocycles. The molecule has 5 heteroatoms. The third kappa shape index (κ3) is 2.18. The van der Waals surface area contributed by atoms with Crippen LogP contribution in [0.2, 0.25) is 0 Å². The van der Waals surface area contributed by atoms with Crippen LogP contribution in [0.1, 0.15) is 24.0 Å². The van der Waals surface area contributed by atoms with Gasteiger partial charge in [-0.3, -0.25) is 4.31 Å². The largest absolute Gasteiger partial charge is 0.265 e. The van der Waals surface area contributed by atoms with Gasteiger partial charge in [-0.1, -0.05) is 31.2 Å². The molecule has 1 aliphatic rings. The molecule has 1 heterocycles. The van der Waals surface area contributed by atoms with Gasteiger partial charge in [0.05, 0.1) is 22.2 Å². The van der Waals surface area contributed by atoms with E-state index in [2.05, 4.69) is 0 Å². The molecule has 0 saturated heterocycles. The molecule has 0 radical (unpaired) electrons. The van der Waals surface area contributed by atoms with Gasteiger partial charge < -0.3 is 0 Å². The van der Waals surface area contributed by atoms with Gasteiger partial charge in [0.2, 0.25) is 0 Å². The summed E-state index contributed by atoms with van der Waals surface area (Å²) in [6.07, 6.45) is 0. The van der Waals surface area contributed by atoms with Crippen molar-refractivity contribution in [2.45, 2.75) is 17.7 Å². The lowest BCUT2D eigenvalue weighted by molar-refractivity contribution is 0.590. The van der Waals surface area contributed by atoms with Crippen molar-refractivity contribution < 1.29 is 8.42 Å². The van der Waals surface area contributed by atoms with E-state index >= 15 is 0 Å². The number of anilines is 1. The summed E-state index contributed by atoms with van der Waals surface area (Å²) in [4.78, 5) is 0.158. The number of benzene rings is 2. The zero-order valence-electron chi connectivity index (χ0n) is 11.5. The van der Waals surface area contributed by atoms with Gasteiger partial charge in [0, 0.05) is 12.5 Å². The summed E-state index contributed by atoms with van der Waals surface area (Å²) in [7, 11) is -3.64. The van der Waals surface area contributed by atoms with Crippen LogP contribution in [0.4, 0.5) is 5.69 Å². The van der Waals surface area contributed by atoms with Gasteiger partial charge in [-0.15, -0.1) is 0 Å². The van der Waals surface area contributed by atoms with Crippen molar-refractivity contribution in [3.63, 3.8) is 0 Å². The molecule has 0 aliphatic carbocycles. The third-order valence-corrected chi connectivity index (χ3v) is 5.50. The van der Waals surface area contributed by atoms with E-state index in [0.717, 1.165) is 11.3 Å². The molecular weight excluding hydrogens is 284 g/mol.